The van der Waals surface area contributed by atoms with Gasteiger partial charge in [-0.15, -0.1) is 0 Å². The van der Waals surface area contributed by atoms with Gasteiger partial charge in [0.1, 0.15) is 17.6 Å². The number of carbonyl (C=O) groups excluding carboxylic acids is 1. The minimum Gasteiger partial charge on any atom is -0.481 e. The number of anilines is 2. The fraction of sp³-hybridized carbons (Fsp3) is 0.375. The lowest BCUT2D eigenvalue weighted by Crippen LogP contribution is -2.46. The number of hydrogen-bond acceptors (Lipinski definition) is 7. The van der Waals surface area contributed by atoms with Crippen molar-refractivity contribution in [3.63, 3.8) is 0 Å². The lowest BCUT2D eigenvalue weighted by atomic mass is 10.0. The number of nitrogens with zero attached hydrogens (tertiary/aromatic N) is 5. The van der Waals surface area contributed by atoms with Crippen LogP contribution in [0.1, 0.15) is 31.5 Å². The number of amides is 1. The first kappa shape index (κ1) is 21.7. The fourth-order valence-corrected chi connectivity index (χ4v) is 4.16. The van der Waals surface area contributed by atoms with Crippen molar-refractivity contribution in [2.45, 2.75) is 39.2 Å². The third-order valence-electron chi connectivity index (χ3n) is 5.67. The highest BCUT2D eigenvalue weighted by Crippen LogP contribution is 2.32. The summed E-state index contributed by atoms with van der Waals surface area (Å²) in [6, 6.07) is 8.78. The Morgan fingerprint density at radius 2 is 1.97 bits per heavy atom. The smallest absolute Gasteiger partial charge is 0.247 e. The molecule has 8 nitrogen and oxygen atoms in total. The van der Waals surface area contributed by atoms with Gasteiger partial charge in [-0.25, -0.2) is 15.0 Å². The second kappa shape index (κ2) is 9.30. The van der Waals surface area contributed by atoms with Crippen molar-refractivity contribution in [1.82, 2.24) is 19.9 Å². The van der Waals surface area contributed by atoms with Gasteiger partial charge in [0.25, 0.3) is 0 Å². The van der Waals surface area contributed by atoms with E-state index in [1.54, 1.807) is 31.6 Å². The number of carbonyl (C=O) groups is 1. The summed E-state index contributed by atoms with van der Waals surface area (Å²) in [5.74, 6) is 1.83. The van der Waals surface area contributed by atoms with Crippen LogP contribution in [0.4, 0.5) is 11.5 Å². The maximum Gasteiger partial charge on any atom is 0.247 e. The molecule has 0 aliphatic heterocycles. The number of aryl methyl sites for hydroxylation is 1. The summed E-state index contributed by atoms with van der Waals surface area (Å²) in [7, 11) is 3.49. The summed E-state index contributed by atoms with van der Waals surface area (Å²) < 4.78 is 5.09. The number of rotatable bonds is 7. The largest absolute Gasteiger partial charge is 0.481 e. The molecule has 3 aromatic rings. The number of likely N-dealkylation sites (N-methyl/N-ethyl adjacent to an activating group) is 1. The first-order valence-electron chi connectivity index (χ1n) is 10.8. The molecular weight excluding hydrogens is 404 g/mol. The Kier molecular flexibility index (Phi) is 6.30. The Bertz CT molecular complexity index is 1090. The molecule has 1 aliphatic rings. The van der Waals surface area contributed by atoms with E-state index in [1.807, 2.05) is 44.0 Å². The van der Waals surface area contributed by atoms with Crippen molar-refractivity contribution in [3.8, 4) is 17.4 Å². The van der Waals surface area contributed by atoms with Gasteiger partial charge in [-0.05, 0) is 43.4 Å². The Morgan fingerprint density at radius 3 is 2.62 bits per heavy atom. The number of hydrogen-bond donors (Lipinski definition) is 1. The zero-order chi connectivity index (χ0) is 22.7. The highest BCUT2D eigenvalue weighted by Gasteiger charge is 2.31. The lowest BCUT2D eigenvalue weighted by Gasteiger charge is -2.32. The van der Waals surface area contributed by atoms with Crippen molar-refractivity contribution in [1.29, 1.82) is 0 Å². The maximum atomic E-state index is 13.3. The van der Waals surface area contributed by atoms with E-state index < -0.39 is 6.04 Å². The average Bonchev–Trinajstić information content (AvgIpc) is 3.28. The summed E-state index contributed by atoms with van der Waals surface area (Å²) in [5.41, 5.74) is 3.52. The van der Waals surface area contributed by atoms with E-state index >= 15 is 0 Å². The predicted molar refractivity (Wildman–Crippen MR) is 124 cm³/mol. The van der Waals surface area contributed by atoms with Crippen LogP contribution in [-0.2, 0) is 17.6 Å². The zero-order valence-electron chi connectivity index (χ0n) is 18.9. The van der Waals surface area contributed by atoms with Crippen molar-refractivity contribution < 1.29 is 9.53 Å². The number of pyridine rings is 2. The summed E-state index contributed by atoms with van der Waals surface area (Å²) in [6.07, 6.45) is 6.19. The molecule has 8 heteroatoms. The molecule has 0 bridgehead atoms. The summed E-state index contributed by atoms with van der Waals surface area (Å²) in [4.78, 5) is 33.5. The average molecular weight is 433 g/mol. The topological polar surface area (TPSA) is 93.1 Å². The SMILES string of the molecule is COc1ccc(NC(=O)C(C(C)C)N(C)c2nc(-c3ccccn3)nc3c2CCC3)cn1. The Balaban J connectivity index is 1.66. The Labute approximate surface area is 188 Å². The third kappa shape index (κ3) is 4.39. The van der Waals surface area contributed by atoms with Gasteiger partial charge in [0, 0.05) is 30.6 Å². The molecule has 1 atom stereocenters. The molecule has 0 aromatic carbocycles. The highest BCUT2D eigenvalue weighted by atomic mass is 16.5. The van der Waals surface area contributed by atoms with Gasteiger partial charge in [0.05, 0.1) is 19.0 Å². The normalized spacial score (nSPS) is 13.5. The highest BCUT2D eigenvalue weighted by molar-refractivity contribution is 5.97. The van der Waals surface area contributed by atoms with E-state index in [4.69, 9.17) is 14.7 Å². The lowest BCUT2D eigenvalue weighted by molar-refractivity contribution is -0.118. The van der Waals surface area contributed by atoms with Crippen LogP contribution in [-0.4, -0.2) is 46.0 Å². The van der Waals surface area contributed by atoms with Crippen LogP contribution in [0.15, 0.2) is 42.7 Å². The van der Waals surface area contributed by atoms with E-state index in [-0.39, 0.29) is 11.8 Å². The summed E-state index contributed by atoms with van der Waals surface area (Å²) >= 11 is 0. The maximum absolute atomic E-state index is 13.3. The van der Waals surface area contributed by atoms with Gasteiger partial charge in [0.2, 0.25) is 11.8 Å². The van der Waals surface area contributed by atoms with E-state index in [2.05, 4.69) is 15.3 Å². The molecule has 3 aromatic heterocycles. The number of ether oxygens (including phenoxy) is 1. The number of nitrogens with one attached hydrogen (secondary N) is 1. The zero-order valence-corrected chi connectivity index (χ0v) is 18.9. The van der Waals surface area contributed by atoms with Crippen LogP contribution < -0.4 is 15.0 Å². The second-order valence-electron chi connectivity index (χ2n) is 8.24. The molecule has 4 rings (SSSR count). The second-order valence-corrected chi connectivity index (χ2v) is 8.24. The number of fused-ring (bicyclic) bond motifs is 1. The molecule has 0 saturated carbocycles. The molecule has 1 amide bonds. The van der Waals surface area contributed by atoms with Crippen LogP contribution in [0.3, 0.4) is 0 Å². The first-order chi connectivity index (χ1) is 15.5. The van der Waals surface area contributed by atoms with Gasteiger partial charge in [-0.1, -0.05) is 19.9 Å². The minimum atomic E-state index is -0.423. The van der Waals surface area contributed by atoms with Crippen LogP contribution in [0, 0.1) is 5.92 Å². The van der Waals surface area contributed by atoms with Crippen LogP contribution in [0.25, 0.3) is 11.5 Å². The van der Waals surface area contributed by atoms with E-state index in [1.165, 1.54) is 0 Å². The van der Waals surface area contributed by atoms with Crippen molar-refractivity contribution in [2.24, 2.45) is 5.92 Å². The van der Waals surface area contributed by atoms with Gasteiger partial charge in [-0.3, -0.25) is 9.78 Å². The van der Waals surface area contributed by atoms with Crippen molar-refractivity contribution in [2.75, 3.05) is 24.4 Å². The van der Waals surface area contributed by atoms with Crippen molar-refractivity contribution >= 4 is 17.4 Å². The van der Waals surface area contributed by atoms with Gasteiger partial charge >= 0.3 is 0 Å². The Morgan fingerprint density at radius 1 is 1.12 bits per heavy atom. The quantitative estimate of drug-likeness (QED) is 0.610. The molecular formula is C24H28N6O2. The molecule has 32 heavy (non-hydrogen) atoms. The first-order valence-corrected chi connectivity index (χ1v) is 10.8. The fourth-order valence-electron chi connectivity index (χ4n) is 4.16. The molecule has 0 radical (unpaired) electrons. The standard InChI is InChI=1S/C24H28N6O2/c1-15(2)21(24(31)27-16-11-12-20(32-4)26-14-16)30(3)23-17-8-7-10-18(17)28-22(29-23)19-9-5-6-13-25-19/h5-6,9,11-15,21H,7-8,10H2,1-4H3,(H,27,31). The monoisotopic (exact) mass is 432 g/mol. The van der Waals surface area contributed by atoms with Crippen LogP contribution in [0.2, 0.25) is 0 Å². The molecule has 1 N–H and O–H groups in total. The predicted octanol–water partition coefficient (Wildman–Crippen LogP) is 3.53. The Hall–Kier alpha value is -3.55. The number of methoxy groups -OCH3 is 1. The van der Waals surface area contributed by atoms with Crippen LogP contribution in [0.5, 0.6) is 5.88 Å². The van der Waals surface area contributed by atoms with Crippen molar-refractivity contribution in [3.05, 3.63) is 54.0 Å². The van der Waals surface area contributed by atoms with E-state index in [0.717, 1.165) is 42.0 Å². The van der Waals surface area contributed by atoms with Gasteiger partial charge in [0.15, 0.2) is 5.82 Å². The molecule has 0 fully saturated rings. The molecule has 0 spiro atoms. The number of aromatic nitrogens is 4. The minimum absolute atomic E-state index is 0.0523. The summed E-state index contributed by atoms with van der Waals surface area (Å²) in [5, 5.41) is 2.98. The molecule has 166 valence electrons. The summed E-state index contributed by atoms with van der Waals surface area (Å²) in [6.45, 7) is 4.07. The molecule has 1 unspecified atom stereocenters. The van der Waals surface area contributed by atoms with E-state index in [0.29, 0.717) is 17.4 Å². The molecule has 1 aliphatic carbocycles. The molecule has 0 saturated heterocycles. The molecule has 3 heterocycles. The van der Waals surface area contributed by atoms with Crippen LogP contribution >= 0.6 is 0 Å². The van der Waals surface area contributed by atoms with E-state index in [9.17, 15) is 4.79 Å². The third-order valence-corrected chi connectivity index (χ3v) is 5.67. The van der Waals surface area contributed by atoms with Gasteiger partial charge in [-0.2, -0.15) is 0 Å². The van der Waals surface area contributed by atoms with Gasteiger partial charge < -0.3 is 15.0 Å².